The monoisotopic (exact) mass is 380 g/mol. The lowest BCUT2D eigenvalue weighted by atomic mass is 10.2. The van der Waals surface area contributed by atoms with Crippen LogP contribution in [0.15, 0.2) is 36.7 Å². The second-order valence-corrected chi connectivity index (χ2v) is 5.79. The van der Waals surface area contributed by atoms with Crippen LogP contribution >= 0.6 is 23.2 Å². The summed E-state index contributed by atoms with van der Waals surface area (Å²) in [5.74, 6) is -0.964. The number of anilines is 1. The first-order valence-corrected chi connectivity index (χ1v) is 7.66. The molecule has 2 aromatic heterocycles. The van der Waals surface area contributed by atoms with Crippen molar-refractivity contribution in [3.63, 3.8) is 0 Å². The quantitative estimate of drug-likeness (QED) is 0.520. The highest BCUT2D eigenvalue weighted by Crippen LogP contribution is 2.25. The molecule has 0 saturated heterocycles. The van der Waals surface area contributed by atoms with Crippen LogP contribution in [0.4, 0.5) is 11.5 Å². The molecule has 0 bridgehead atoms. The predicted molar refractivity (Wildman–Crippen MR) is 91.0 cm³/mol. The number of aromatic nitrogens is 4. The lowest BCUT2D eigenvalue weighted by Gasteiger charge is -2.06. The summed E-state index contributed by atoms with van der Waals surface area (Å²) in [4.78, 5) is 22.0. The van der Waals surface area contributed by atoms with Crippen molar-refractivity contribution in [2.45, 2.75) is 6.54 Å². The maximum absolute atomic E-state index is 12.0. The molecule has 1 aromatic carbocycles. The van der Waals surface area contributed by atoms with E-state index < -0.39 is 10.8 Å². The molecular formula is C14H10Cl2N6O3. The van der Waals surface area contributed by atoms with Crippen LogP contribution in [0.5, 0.6) is 0 Å². The summed E-state index contributed by atoms with van der Waals surface area (Å²) in [5, 5.41) is 24.0. The summed E-state index contributed by atoms with van der Waals surface area (Å²) in [7, 11) is 0. The highest BCUT2D eigenvalue weighted by atomic mass is 35.5. The SMILES string of the molecule is O=C(Nc1cnn(Cc2c(Cl)cccc2Cl)c1)c1cc([N+](=O)[O-])[nH]n1. The highest BCUT2D eigenvalue weighted by Gasteiger charge is 2.17. The molecule has 0 aliphatic heterocycles. The Bertz CT molecular complexity index is 931. The van der Waals surface area contributed by atoms with Crippen LogP contribution in [0, 0.1) is 10.1 Å². The Morgan fingerprint density at radius 2 is 2.08 bits per heavy atom. The predicted octanol–water partition coefficient (Wildman–Crippen LogP) is 3.12. The minimum absolute atomic E-state index is 0.103. The number of hydrogen-bond acceptors (Lipinski definition) is 5. The number of amides is 1. The lowest BCUT2D eigenvalue weighted by Crippen LogP contribution is -2.11. The molecule has 0 radical (unpaired) electrons. The number of halogens is 2. The van der Waals surface area contributed by atoms with Crippen molar-refractivity contribution in [3.05, 3.63) is 68.1 Å². The maximum atomic E-state index is 12.0. The van der Waals surface area contributed by atoms with Crippen molar-refractivity contribution in [3.8, 4) is 0 Å². The molecular weight excluding hydrogens is 371 g/mol. The molecule has 0 aliphatic rings. The number of nitro groups is 1. The van der Waals surface area contributed by atoms with Crippen LogP contribution in [-0.2, 0) is 6.54 Å². The third-order valence-electron chi connectivity index (χ3n) is 3.27. The molecule has 3 aromatic rings. The van der Waals surface area contributed by atoms with Gasteiger partial charge in [0.15, 0.2) is 5.69 Å². The molecule has 3 rings (SSSR count). The van der Waals surface area contributed by atoms with Crippen molar-refractivity contribution in [1.82, 2.24) is 20.0 Å². The average molecular weight is 381 g/mol. The normalized spacial score (nSPS) is 10.6. The number of carbonyl (C=O) groups excluding carboxylic acids is 1. The Morgan fingerprint density at radius 3 is 2.72 bits per heavy atom. The van der Waals surface area contributed by atoms with Crippen molar-refractivity contribution >= 4 is 40.6 Å². The van der Waals surface area contributed by atoms with Gasteiger partial charge in [-0.05, 0) is 17.1 Å². The zero-order valence-corrected chi connectivity index (χ0v) is 14.0. The van der Waals surface area contributed by atoms with E-state index in [0.717, 1.165) is 6.07 Å². The van der Waals surface area contributed by atoms with E-state index in [0.29, 0.717) is 27.8 Å². The smallest absolute Gasteiger partial charge is 0.343 e. The first-order valence-electron chi connectivity index (χ1n) is 6.90. The Balaban J connectivity index is 1.71. The number of rotatable bonds is 5. The second kappa shape index (κ2) is 6.91. The zero-order chi connectivity index (χ0) is 18.0. The van der Waals surface area contributed by atoms with E-state index in [-0.39, 0.29) is 11.5 Å². The Labute approximate surface area is 150 Å². The number of H-pyrrole nitrogens is 1. The summed E-state index contributed by atoms with van der Waals surface area (Å²) in [6.07, 6.45) is 3.02. The summed E-state index contributed by atoms with van der Waals surface area (Å²) >= 11 is 12.2. The molecule has 0 spiro atoms. The molecule has 0 unspecified atom stereocenters. The minimum Gasteiger partial charge on any atom is -0.358 e. The van der Waals surface area contributed by atoms with E-state index in [1.807, 2.05) is 0 Å². The average Bonchev–Trinajstić information content (AvgIpc) is 3.20. The van der Waals surface area contributed by atoms with E-state index >= 15 is 0 Å². The first kappa shape index (κ1) is 16.9. The van der Waals surface area contributed by atoms with Gasteiger partial charge >= 0.3 is 5.82 Å². The molecule has 0 atom stereocenters. The third kappa shape index (κ3) is 3.78. The number of nitrogens with zero attached hydrogens (tertiary/aromatic N) is 4. The van der Waals surface area contributed by atoms with Crippen molar-refractivity contribution in [2.75, 3.05) is 5.32 Å². The van der Waals surface area contributed by atoms with Gasteiger partial charge in [0.25, 0.3) is 5.91 Å². The van der Waals surface area contributed by atoms with Crippen LogP contribution < -0.4 is 5.32 Å². The van der Waals surface area contributed by atoms with Gasteiger partial charge in [-0.25, -0.2) is 0 Å². The Hall–Kier alpha value is -2.91. The van der Waals surface area contributed by atoms with E-state index in [2.05, 4.69) is 20.6 Å². The molecule has 9 nitrogen and oxygen atoms in total. The largest absolute Gasteiger partial charge is 0.358 e. The number of benzene rings is 1. The Morgan fingerprint density at radius 1 is 1.36 bits per heavy atom. The van der Waals surface area contributed by atoms with Crippen molar-refractivity contribution in [1.29, 1.82) is 0 Å². The van der Waals surface area contributed by atoms with E-state index in [1.165, 1.54) is 6.20 Å². The minimum atomic E-state index is -0.671. The van der Waals surface area contributed by atoms with Crippen LogP contribution in [0.25, 0.3) is 0 Å². The van der Waals surface area contributed by atoms with Gasteiger partial charge in [-0.2, -0.15) is 5.10 Å². The summed E-state index contributed by atoms with van der Waals surface area (Å²) in [6.45, 7) is 0.322. The molecule has 0 fully saturated rings. The second-order valence-electron chi connectivity index (χ2n) is 4.98. The fourth-order valence-corrected chi connectivity index (χ4v) is 2.59. The summed E-state index contributed by atoms with van der Waals surface area (Å²) < 4.78 is 1.55. The molecule has 0 saturated carbocycles. The van der Waals surface area contributed by atoms with Gasteiger partial charge in [0.2, 0.25) is 0 Å². The van der Waals surface area contributed by atoms with Gasteiger partial charge in [-0.15, -0.1) is 5.10 Å². The molecule has 2 N–H and O–H groups in total. The standard InChI is InChI=1S/C14H10Cl2N6O3/c15-10-2-1-3-11(16)9(10)7-21-6-8(5-17-21)18-14(23)12-4-13(20-19-12)22(24)25/h1-6H,7H2,(H,18,23)(H,19,20). The molecule has 2 heterocycles. The fourth-order valence-electron chi connectivity index (χ4n) is 2.08. The van der Waals surface area contributed by atoms with Gasteiger partial charge in [0.1, 0.15) is 0 Å². The van der Waals surface area contributed by atoms with Gasteiger partial charge in [0, 0.05) is 21.8 Å². The van der Waals surface area contributed by atoms with Crippen LogP contribution in [0.2, 0.25) is 10.0 Å². The van der Waals surface area contributed by atoms with E-state index in [9.17, 15) is 14.9 Å². The highest BCUT2D eigenvalue weighted by molar-refractivity contribution is 6.35. The van der Waals surface area contributed by atoms with E-state index in [1.54, 1.807) is 29.1 Å². The molecule has 25 heavy (non-hydrogen) atoms. The van der Waals surface area contributed by atoms with Gasteiger partial charge in [-0.1, -0.05) is 34.4 Å². The van der Waals surface area contributed by atoms with Crippen molar-refractivity contribution < 1.29 is 9.72 Å². The van der Waals surface area contributed by atoms with Gasteiger partial charge in [-0.3, -0.25) is 9.48 Å². The molecule has 0 aliphatic carbocycles. The number of hydrogen-bond donors (Lipinski definition) is 2. The van der Waals surface area contributed by atoms with Crippen LogP contribution in [0.1, 0.15) is 16.1 Å². The number of carbonyl (C=O) groups is 1. The lowest BCUT2D eigenvalue weighted by molar-refractivity contribution is -0.389. The van der Waals surface area contributed by atoms with Gasteiger partial charge < -0.3 is 15.4 Å². The summed E-state index contributed by atoms with van der Waals surface area (Å²) in [6, 6.07) is 6.23. The topological polar surface area (TPSA) is 119 Å². The van der Waals surface area contributed by atoms with Crippen molar-refractivity contribution in [2.24, 2.45) is 0 Å². The molecule has 128 valence electrons. The molecule has 1 amide bonds. The number of nitrogens with one attached hydrogen (secondary N) is 2. The summed E-state index contributed by atoms with van der Waals surface area (Å²) in [5.41, 5.74) is 1.00. The maximum Gasteiger partial charge on any atom is 0.343 e. The third-order valence-corrected chi connectivity index (χ3v) is 3.97. The first-order chi connectivity index (χ1) is 11.9. The van der Waals surface area contributed by atoms with Crippen LogP contribution in [0.3, 0.4) is 0 Å². The Kier molecular flexibility index (Phi) is 4.68. The molecule has 11 heteroatoms. The van der Waals surface area contributed by atoms with Crippen LogP contribution in [-0.4, -0.2) is 30.8 Å². The number of aromatic amines is 1. The zero-order valence-electron chi connectivity index (χ0n) is 12.4. The fraction of sp³-hybridized carbons (Fsp3) is 0.0714. The van der Waals surface area contributed by atoms with E-state index in [4.69, 9.17) is 23.2 Å². The van der Waals surface area contributed by atoms with Gasteiger partial charge in [0.05, 0.1) is 24.5 Å².